The summed E-state index contributed by atoms with van der Waals surface area (Å²) in [7, 11) is 1.63. The summed E-state index contributed by atoms with van der Waals surface area (Å²) in [6.07, 6.45) is 5.31. The third-order valence-electron chi connectivity index (χ3n) is 1.78. The second-order valence-electron chi connectivity index (χ2n) is 3.43. The van der Waals surface area contributed by atoms with Crippen LogP contribution in [0.25, 0.3) is 0 Å². The molecule has 0 saturated carbocycles. The quantitative estimate of drug-likeness (QED) is 0.682. The fourth-order valence-electron chi connectivity index (χ4n) is 0.968. The highest BCUT2D eigenvalue weighted by atomic mass is 16.5. The molecule has 2 heteroatoms. The smallest absolute Gasteiger partial charge is 0.163 e. The van der Waals surface area contributed by atoms with E-state index in [4.69, 9.17) is 15.9 Å². The lowest BCUT2D eigenvalue weighted by Gasteiger charge is -2.20. The molecule has 0 aromatic heterocycles. The van der Waals surface area contributed by atoms with Crippen LogP contribution in [0.5, 0.6) is 11.5 Å². The summed E-state index contributed by atoms with van der Waals surface area (Å²) in [5.74, 6) is 4.11. The maximum atomic E-state index is 5.56. The predicted octanol–water partition coefficient (Wildman–Crippen LogP) is 2.49. The fourth-order valence-corrected chi connectivity index (χ4v) is 0.968. The van der Waals surface area contributed by atoms with E-state index in [2.05, 4.69) is 5.92 Å². The first kappa shape index (κ1) is 10.5. The lowest BCUT2D eigenvalue weighted by molar-refractivity contribution is 0.172. The minimum absolute atomic E-state index is 0.575. The highest BCUT2D eigenvalue weighted by Crippen LogP contribution is 2.21. The minimum Gasteiger partial charge on any atom is -0.497 e. The lowest BCUT2D eigenvalue weighted by atomic mass is 10.1. The zero-order valence-electron chi connectivity index (χ0n) is 8.70. The molecule has 0 unspecified atom stereocenters. The molecule has 0 radical (unpaired) electrons. The Kier molecular flexibility index (Phi) is 3.03. The first-order chi connectivity index (χ1) is 6.57. The van der Waals surface area contributed by atoms with Crippen molar-refractivity contribution in [2.45, 2.75) is 19.4 Å². The van der Waals surface area contributed by atoms with Crippen molar-refractivity contribution in [1.82, 2.24) is 0 Å². The van der Waals surface area contributed by atoms with Gasteiger partial charge in [-0.2, -0.15) is 0 Å². The Morgan fingerprint density at radius 1 is 1.14 bits per heavy atom. The summed E-state index contributed by atoms with van der Waals surface area (Å²) in [6, 6.07) is 7.33. The Bertz CT molecular complexity index is 330. The molecule has 0 amide bonds. The third-order valence-corrected chi connectivity index (χ3v) is 1.78. The molecule has 0 aliphatic carbocycles. The summed E-state index contributed by atoms with van der Waals surface area (Å²) < 4.78 is 10.6. The van der Waals surface area contributed by atoms with Crippen LogP contribution in [0.15, 0.2) is 24.3 Å². The van der Waals surface area contributed by atoms with E-state index in [0.717, 1.165) is 11.5 Å². The van der Waals surface area contributed by atoms with Gasteiger partial charge in [0.15, 0.2) is 5.60 Å². The normalized spacial score (nSPS) is 10.4. The number of hydrogen-bond acceptors (Lipinski definition) is 2. The maximum absolute atomic E-state index is 5.56. The van der Waals surface area contributed by atoms with Gasteiger partial charge in [0, 0.05) is 0 Å². The van der Waals surface area contributed by atoms with Gasteiger partial charge in [-0.1, -0.05) is 5.92 Å². The second kappa shape index (κ2) is 4.06. The third kappa shape index (κ3) is 2.70. The molecule has 74 valence electrons. The molecule has 1 rings (SSSR count). The van der Waals surface area contributed by atoms with Crippen LogP contribution in [0, 0.1) is 12.3 Å². The van der Waals surface area contributed by atoms with Crippen LogP contribution in [-0.4, -0.2) is 12.7 Å². The van der Waals surface area contributed by atoms with Gasteiger partial charge in [0.2, 0.25) is 0 Å². The fraction of sp³-hybridized carbons (Fsp3) is 0.333. The van der Waals surface area contributed by atoms with E-state index in [1.807, 2.05) is 38.1 Å². The maximum Gasteiger partial charge on any atom is 0.163 e. The summed E-state index contributed by atoms with van der Waals surface area (Å²) in [5.41, 5.74) is -0.575. The van der Waals surface area contributed by atoms with E-state index in [-0.39, 0.29) is 0 Å². The van der Waals surface area contributed by atoms with Crippen molar-refractivity contribution in [2.24, 2.45) is 0 Å². The molecule has 0 bridgehead atoms. The van der Waals surface area contributed by atoms with Crippen LogP contribution in [0.1, 0.15) is 13.8 Å². The molecule has 0 heterocycles. The molecular weight excluding hydrogens is 176 g/mol. The molecule has 1 aromatic rings. The summed E-state index contributed by atoms with van der Waals surface area (Å²) in [4.78, 5) is 0. The van der Waals surface area contributed by atoms with Gasteiger partial charge in [-0.05, 0) is 38.1 Å². The molecule has 0 spiro atoms. The first-order valence-electron chi connectivity index (χ1n) is 4.38. The van der Waals surface area contributed by atoms with Crippen LogP contribution in [-0.2, 0) is 0 Å². The molecule has 0 atom stereocenters. The van der Waals surface area contributed by atoms with Gasteiger partial charge >= 0.3 is 0 Å². The topological polar surface area (TPSA) is 18.5 Å². The van der Waals surface area contributed by atoms with Crippen LogP contribution in [0.4, 0.5) is 0 Å². The van der Waals surface area contributed by atoms with Gasteiger partial charge < -0.3 is 9.47 Å². The molecule has 14 heavy (non-hydrogen) atoms. The second-order valence-corrected chi connectivity index (χ2v) is 3.43. The van der Waals surface area contributed by atoms with Gasteiger partial charge in [0.1, 0.15) is 11.5 Å². The molecular formula is C12H14O2. The largest absolute Gasteiger partial charge is 0.497 e. The highest BCUT2D eigenvalue weighted by molar-refractivity contribution is 5.32. The van der Waals surface area contributed by atoms with Crippen LogP contribution < -0.4 is 9.47 Å². The summed E-state index contributed by atoms with van der Waals surface area (Å²) >= 11 is 0. The molecule has 0 saturated heterocycles. The van der Waals surface area contributed by atoms with E-state index in [9.17, 15) is 0 Å². The van der Waals surface area contributed by atoms with E-state index in [0.29, 0.717) is 0 Å². The average molecular weight is 190 g/mol. The number of ether oxygens (including phenoxy) is 2. The molecule has 0 aliphatic heterocycles. The Labute approximate surface area is 84.8 Å². The summed E-state index contributed by atoms with van der Waals surface area (Å²) in [5, 5.41) is 0. The SMILES string of the molecule is C#CC(C)(C)Oc1ccc(OC)cc1. The number of hydrogen-bond donors (Lipinski definition) is 0. The lowest BCUT2D eigenvalue weighted by Crippen LogP contribution is -2.25. The molecule has 0 aliphatic rings. The molecule has 0 N–H and O–H groups in total. The van der Waals surface area contributed by atoms with Gasteiger partial charge in [-0.3, -0.25) is 0 Å². The minimum atomic E-state index is -0.575. The van der Waals surface area contributed by atoms with Crippen molar-refractivity contribution in [3.8, 4) is 23.8 Å². The summed E-state index contributed by atoms with van der Waals surface area (Å²) in [6.45, 7) is 3.69. The Balaban J connectivity index is 2.75. The highest BCUT2D eigenvalue weighted by Gasteiger charge is 2.15. The predicted molar refractivity (Wildman–Crippen MR) is 56.5 cm³/mol. The van der Waals surface area contributed by atoms with Crippen molar-refractivity contribution in [1.29, 1.82) is 0 Å². The van der Waals surface area contributed by atoms with Crippen molar-refractivity contribution in [2.75, 3.05) is 7.11 Å². The Morgan fingerprint density at radius 2 is 1.64 bits per heavy atom. The van der Waals surface area contributed by atoms with E-state index >= 15 is 0 Å². The van der Waals surface area contributed by atoms with Crippen molar-refractivity contribution in [3.63, 3.8) is 0 Å². The number of methoxy groups -OCH3 is 1. The Hall–Kier alpha value is -1.62. The first-order valence-corrected chi connectivity index (χ1v) is 4.38. The standard InChI is InChI=1S/C12H14O2/c1-5-12(2,3)14-11-8-6-10(13-4)7-9-11/h1,6-9H,2-4H3. The molecule has 0 fully saturated rings. The van der Waals surface area contributed by atoms with E-state index in [1.165, 1.54) is 0 Å². The Morgan fingerprint density at radius 3 is 2.07 bits per heavy atom. The van der Waals surface area contributed by atoms with E-state index in [1.54, 1.807) is 7.11 Å². The molecule has 1 aromatic carbocycles. The van der Waals surface area contributed by atoms with Gasteiger partial charge in [0.05, 0.1) is 7.11 Å². The van der Waals surface area contributed by atoms with Crippen molar-refractivity contribution >= 4 is 0 Å². The number of rotatable bonds is 3. The van der Waals surface area contributed by atoms with Crippen LogP contribution in [0.2, 0.25) is 0 Å². The van der Waals surface area contributed by atoms with Crippen molar-refractivity contribution in [3.05, 3.63) is 24.3 Å². The zero-order chi connectivity index (χ0) is 10.6. The van der Waals surface area contributed by atoms with Gasteiger partial charge in [0.25, 0.3) is 0 Å². The van der Waals surface area contributed by atoms with Gasteiger partial charge in [-0.15, -0.1) is 6.42 Å². The van der Waals surface area contributed by atoms with Crippen LogP contribution >= 0.6 is 0 Å². The van der Waals surface area contributed by atoms with E-state index < -0.39 is 5.60 Å². The molecule has 2 nitrogen and oxygen atoms in total. The number of benzene rings is 1. The van der Waals surface area contributed by atoms with Gasteiger partial charge in [-0.25, -0.2) is 0 Å². The van der Waals surface area contributed by atoms with Crippen molar-refractivity contribution < 1.29 is 9.47 Å². The monoisotopic (exact) mass is 190 g/mol. The zero-order valence-corrected chi connectivity index (χ0v) is 8.70. The average Bonchev–Trinajstić information content (AvgIpc) is 2.19. The number of terminal acetylenes is 1. The van der Waals surface area contributed by atoms with Crippen LogP contribution in [0.3, 0.4) is 0 Å².